The van der Waals surface area contributed by atoms with Gasteiger partial charge in [0.25, 0.3) is 5.91 Å². The highest BCUT2D eigenvalue weighted by atomic mass is 16.5. The van der Waals surface area contributed by atoms with E-state index >= 15 is 0 Å². The van der Waals surface area contributed by atoms with E-state index in [1.165, 1.54) is 14.2 Å². The number of rotatable bonds is 8. The van der Waals surface area contributed by atoms with Crippen LogP contribution in [0.1, 0.15) is 15.9 Å². The summed E-state index contributed by atoms with van der Waals surface area (Å²) in [5.41, 5.74) is 1.57. The van der Waals surface area contributed by atoms with E-state index in [1.807, 2.05) is 23.1 Å². The van der Waals surface area contributed by atoms with Gasteiger partial charge in [-0.1, -0.05) is 12.1 Å². The first-order valence-corrected chi connectivity index (χ1v) is 11.2. The van der Waals surface area contributed by atoms with Crippen LogP contribution in [0.15, 0.2) is 30.3 Å². The fraction of sp³-hybridized carbons (Fsp3) is 0.400. The largest absolute Gasteiger partial charge is 0.493 e. The van der Waals surface area contributed by atoms with E-state index in [0.717, 1.165) is 36.7 Å². The third-order valence-electron chi connectivity index (χ3n) is 5.63. The van der Waals surface area contributed by atoms with E-state index < -0.39 is 11.9 Å². The summed E-state index contributed by atoms with van der Waals surface area (Å²) in [5, 5.41) is 14.8. The minimum Gasteiger partial charge on any atom is -0.493 e. The molecule has 1 aliphatic heterocycles. The lowest BCUT2D eigenvalue weighted by Crippen LogP contribution is -2.48. The van der Waals surface area contributed by atoms with Gasteiger partial charge < -0.3 is 38.8 Å². The molecule has 0 aromatic heterocycles. The van der Waals surface area contributed by atoms with E-state index in [0.29, 0.717) is 35.9 Å². The minimum atomic E-state index is -1.82. The SMILES string of the molecule is COc1cccc(CN2CCN(C(=O)c3cc(OC)c(OC)c(OC)c3)CC2)c1OC.O=C(O)C(=O)O. The van der Waals surface area contributed by atoms with Crippen LogP contribution < -0.4 is 23.7 Å². The van der Waals surface area contributed by atoms with Crippen molar-refractivity contribution >= 4 is 17.8 Å². The summed E-state index contributed by atoms with van der Waals surface area (Å²) in [6.07, 6.45) is 0. The molecule has 0 bridgehead atoms. The van der Waals surface area contributed by atoms with Crippen LogP contribution in [0.4, 0.5) is 0 Å². The van der Waals surface area contributed by atoms with Gasteiger partial charge in [0.05, 0.1) is 35.5 Å². The van der Waals surface area contributed by atoms with Crippen molar-refractivity contribution in [3.63, 3.8) is 0 Å². The summed E-state index contributed by atoms with van der Waals surface area (Å²) >= 11 is 0. The maximum atomic E-state index is 13.1. The number of hydrogen-bond acceptors (Lipinski definition) is 9. The molecule has 37 heavy (non-hydrogen) atoms. The Morgan fingerprint density at radius 1 is 0.730 bits per heavy atom. The van der Waals surface area contributed by atoms with Gasteiger partial charge in [-0.25, -0.2) is 9.59 Å². The Bertz CT molecular complexity index is 1060. The van der Waals surface area contributed by atoms with Gasteiger partial charge >= 0.3 is 11.9 Å². The molecule has 0 radical (unpaired) electrons. The Morgan fingerprint density at radius 3 is 1.68 bits per heavy atom. The van der Waals surface area contributed by atoms with Crippen LogP contribution in [0.5, 0.6) is 28.7 Å². The molecule has 2 aromatic rings. The number of piperazine rings is 1. The van der Waals surface area contributed by atoms with E-state index in [1.54, 1.807) is 33.5 Å². The van der Waals surface area contributed by atoms with Crippen molar-refractivity contribution in [1.82, 2.24) is 9.80 Å². The number of carboxylic acid groups (broad SMARTS) is 2. The van der Waals surface area contributed by atoms with Crippen LogP contribution in [-0.2, 0) is 16.1 Å². The first-order chi connectivity index (χ1) is 17.7. The van der Waals surface area contributed by atoms with Crippen LogP contribution in [0.25, 0.3) is 0 Å². The van der Waals surface area contributed by atoms with Gasteiger partial charge in [0, 0.05) is 43.9 Å². The zero-order chi connectivity index (χ0) is 27.5. The fourth-order valence-corrected chi connectivity index (χ4v) is 3.82. The summed E-state index contributed by atoms with van der Waals surface area (Å²) in [6, 6.07) is 9.26. The monoisotopic (exact) mass is 520 g/mol. The predicted octanol–water partition coefficient (Wildman–Crippen LogP) is 1.84. The Hall–Kier alpha value is -4.19. The quantitative estimate of drug-likeness (QED) is 0.492. The molecule has 12 heteroatoms. The molecule has 1 heterocycles. The number of carboxylic acids is 2. The van der Waals surface area contributed by atoms with Crippen molar-refractivity contribution in [3.8, 4) is 28.7 Å². The topological polar surface area (TPSA) is 144 Å². The molecule has 1 aliphatic rings. The first kappa shape index (κ1) is 29.0. The molecule has 1 fully saturated rings. The highest BCUT2D eigenvalue weighted by Gasteiger charge is 2.25. The molecule has 1 saturated heterocycles. The van der Waals surface area contributed by atoms with Gasteiger partial charge in [-0.15, -0.1) is 0 Å². The van der Waals surface area contributed by atoms with Gasteiger partial charge in [0.1, 0.15) is 0 Å². The molecular weight excluding hydrogens is 488 g/mol. The van der Waals surface area contributed by atoms with Gasteiger partial charge in [-0.3, -0.25) is 9.69 Å². The summed E-state index contributed by atoms with van der Waals surface area (Å²) in [6.45, 7) is 3.50. The van der Waals surface area contributed by atoms with Crippen molar-refractivity contribution in [2.45, 2.75) is 6.54 Å². The molecule has 12 nitrogen and oxygen atoms in total. The second-order valence-electron chi connectivity index (χ2n) is 7.75. The highest BCUT2D eigenvalue weighted by Crippen LogP contribution is 2.38. The van der Waals surface area contributed by atoms with Crippen LogP contribution in [-0.4, -0.2) is 99.6 Å². The zero-order valence-electron chi connectivity index (χ0n) is 21.5. The summed E-state index contributed by atoms with van der Waals surface area (Å²) < 4.78 is 27.0. The lowest BCUT2D eigenvalue weighted by molar-refractivity contribution is -0.159. The maximum Gasteiger partial charge on any atom is 0.414 e. The molecule has 1 amide bonds. The number of hydrogen-bond donors (Lipinski definition) is 2. The number of aliphatic carboxylic acids is 2. The van der Waals surface area contributed by atoms with Crippen molar-refractivity contribution in [1.29, 1.82) is 0 Å². The summed E-state index contributed by atoms with van der Waals surface area (Å²) in [4.78, 5) is 35.5. The molecule has 0 aliphatic carbocycles. The predicted molar refractivity (Wildman–Crippen MR) is 132 cm³/mol. The van der Waals surface area contributed by atoms with Gasteiger partial charge in [0.15, 0.2) is 23.0 Å². The van der Waals surface area contributed by atoms with Crippen molar-refractivity contribution in [2.24, 2.45) is 0 Å². The van der Waals surface area contributed by atoms with Crippen molar-refractivity contribution in [3.05, 3.63) is 41.5 Å². The number of para-hydroxylation sites is 1. The molecule has 0 atom stereocenters. The van der Waals surface area contributed by atoms with Gasteiger partial charge in [-0.2, -0.15) is 0 Å². The minimum absolute atomic E-state index is 0.0575. The average molecular weight is 521 g/mol. The number of amides is 1. The Balaban J connectivity index is 0.000000717. The van der Waals surface area contributed by atoms with E-state index in [2.05, 4.69) is 4.90 Å². The first-order valence-electron chi connectivity index (χ1n) is 11.2. The smallest absolute Gasteiger partial charge is 0.414 e. The van der Waals surface area contributed by atoms with Crippen molar-refractivity contribution in [2.75, 3.05) is 61.7 Å². The van der Waals surface area contributed by atoms with Crippen LogP contribution in [0.2, 0.25) is 0 Å². The fourth-order valence-electron chi connectivity index (χ4n) is 3.82. The number of ether oxygens (including phenoxy) is 5. The number of nitrogens with zero attached hydrogens (tertiary/aromatic N) is 2. The van der Waals surface area contributed by atoms with Crippen molar-refractivity contribution < 1.29 is 48.3 Å². The number of carbonyl (C=O) groups excluding carboxylic acids is 1. The van der Waals surface area contributed by atoms with Crippen LogP contribution in [0.3, 0.4) is 0 Å². The Kier molecular flexibility index (Phi) is 10.8. The molecule has 3 rings (SSSR count). The van der Waals surface area contributed by atoms with E-state index in [4.69, 9.17) is 43.5 Å². The Morgan fingerprint density at radius 2 is 1.24 bits per heavy atom. The number of benzene rings is 2. The number of carbonyl (C=O) groups is 3. The maximum absolute atomic E-state index is 13.1. The van der Waals surface area contributed by atoms with Gasteiger partial charge in [-0.05, 0) is 18.2 Å². The van der Waals surface area contributed by atoms with E-state index in [9.17, 15) is 4.79 Å². The summed E-state index contributed by atoms with van der Waals surface area (Å²) in [7, 11) is 7.90. The van der Waals surface area contributed by atoms with Gasteiger partial charge in [0.2, 0.25) is 5.75 Å². The zero-order valence-corrected chi connectivity index (χ0v) is 21.5. The molecule has 0 spiro atoms. The van der Waals surface area contributed by atoms with Crippen LogP contribution in [0, 0.1) is 0 Å². The molecule has 0 saturated carbocycles. The summed E-state index contributed by atoms with van der Waals surface area (Å²) in [5.74, 6) is -0.832. The van der Waals surface area contributed by atoms with Crippen LogP contribution >= 0.6 is 0 Å². The highest BCUT2D eigenvalue weighted by molar-refractivity contribution is 6.27. The number of methoxy groups -OCH3 is 5. The average Bonchev–Trinajstić information content (AvgIpc) is 2.92. The Labute approximate surface area is 214 Å². The second-order valence-corrected chi connectivity index (χ2v) is 7.75. The third-order valence-corrected chi connectivity index (χ3v) is 5.63. The lowest BCUT2D eigenvalue weighted by atomic mass is 10.1. The van der Waals surface area contributed by atoms with E-state index in [-0.39, 0.29) is 5.91 Å². The molecular formula is C25H32N2O10. The molecule has 0 unspecified atom stereocenters. The molecule has 202 valence electrons. The normalized spacial score (nSPS) is 13.1. The second kappa shape index (κ2) is 13.8. The third kappa shape index (κ3) is 7.40. The molecule has 2 aromatic carbocycles. The lowest BCUT2D eigenvalue weighted by Gasteiger charge is -2.35. The molecule has 2 N–H and O–H groups in total. The standard InChI is InChI=1S/C23H30N2O6.C2H2O4/c1-27-18-8-6-7-16(21(18)30-4)15-24-9-11-25(12-10-24)23(26)17-13-19(28-2)22(31-5)20(14-17)29-3;3-1(4)2(5)6/h6-8,13-14H,9-12,15H2,1-5H3;(H,3,4)(H,5,6).